The summed E-state index contributed by atoms with van der Waals surface area (Å²) in [4.78, 5) is 49.7. The highest BCUT2D eigenvalue weighted by Crippen LogP contribution is 2.68. The van der Waals surface area contributed by atoms with Crippen LogP contribution in [0.15, 0.2) is 24.3 Å². The van der Waals surface area contributed by atoms with E-state index in [4.69, 9.17) is 0 Å². The van der Waals surface area contributed by atoms with Crippen LogP contribution in [-0.2, 0) is 14.4 Å². The molecule has 3 rings (SSSR count). The van der Waals surface area contributed by atoms with Gasteiger partial charge in [-0.15, -0.1) is 0 Å². The number of halogens is 1. The standard InChI is InChI=1S/C18H19FN2O4/c1-16(2)17(3)8-9-18(16,13(23)12(17)22)15(25)21-20-14(24)10-6-4-5-7-11(10)19/h4-7H,8-9H2,1-3H3,(H,20,24)(H,21,25). The topological polar surface area (TPSA) is 92.3 Å². The number of amides is 2. The molecule has 0 saturated heterocycles. The number of rotatable bonds is 2. The van der Waals surface area contributed by atoms with Crippen molar-refractivity contribution in [3.05, 3.63) is 35.6 Å². The lowest BCUT2D eigenvalue weighted by molar-refractivity contribution is -0.149. The molecule has 2 atom stereocenters. The van der Waals surface area contributed by atoms with E-state index in [0.29, 0.717) is 6.42 Å². The molecule has 132 valence electrons. The van der Waals surface area contributed by atoms with E-state index >= 15 is 0 Å². The molecule has 2 fully saturated rings. The number of carbonyl (C=O) groups excluding carboxylic acids is 4. The lowest BCUT2D eigenvalue weighted by atomic mass is 9.64. The third-order valence-electron chi connectivity index (χ3n) is 6.34. The second-order valence-corrected chi connectivity index (χ2v) is 7.41. The maximum Gasteiger partial charge on any atom is 0.272 e. The minimum atomic E-state index is -1.51. The quantitative estimate of drug-likeness (QED) is 0.483. The number of hydrogen-bond acceptors (Lipinski definition) is 4. The molecule has 0 aromatic heterocycles. The summed E-state index contributed by atoms with van der Waals surface area (Å²) < 4.78 is 13.6. The van der Waals surface area contributed by atoms with Gasteiger partial charge in [-0.2, -0.15) is 0 Å². The van der Waals surface area contributed by atoms with Crippen LogP contribution in [0.3, 0.4) is 0 Å². The van der Waals surface area contributed by atoms with Crippen LogP contribution >= 0.6 is 0 Å². The summed E-state index contributed by atoms with van der Waals surface area (Å²) in [5, 5.41) is 0. The second-order valence-electron chi connectivity index (χ2n) is 7.41. The first-order valence-corrected chi connectivity index (χ1v) is 8.04. The monoisotopic (exact) mass is 346 g/mol. The molecule has 7 heteroatoms. The van der Waals surface area contributed by atoms with Crippen LogP contribution in [0.25, 0.3) is 0 Å². The van der Waals surface area contributed by atoms with Gasteiger partial charge in [0.15, 0.2) is 0 Å². The van der Waals surface area contributed by atoms with Crippen molar-refractivity contribution in [3.63, 3.8) is 0 Å². The Morgan fingerprint density at radius 3 is 2.20 bits per heavy atom. The summed E-state index contributed by atoms with van der Waals surface area (Å²) in [5.41, 5.74) is 0.842. The van der Waals surface area contributed by atoms with E-state index in [1.807, 2.05) is 0 Å². The third-order valence-corrected chi connectivity index (χ3v) is 6.34. The fraction of sp³-hybridized carbons (Fsp3) is 0.444. The zero-order chi connectivity index (χ0) is 18.6. The predicted octanol–water partition coefficient (Wildman–Crippen LogP) is 1.55. The summed E-state index contributed by atoms with van der Waals surface area (Å²) in [6.45, 7) is 5.15. The zero-order valence-electron chi connectivity index (χ0n) is 14.2. The minimum absolute atomic E-state index is 0.232. The fourth-order valence-electron chi connectivity index (χ4n) is 4.21. The molecule has 25 heavy (non-hydrogen) atoms. The Kier molecular flexibility index (Phi) is 3.60. The summed E-state index contributed by atoms with van der Waals surface area (Å²) >= 11 is 0. The Bertz CT molecular complexity index is 819. The first-order valence-electron chi connectivity index (χ1n) is 8.04. The van der Waals surface area contributed by atoms with E-state index in [1.165, 1.54) is 18.2 Å². The Labute approximate surface area is 144 Å². The van der Waals surface area contributed by atoms with Crippen LogP contribution in [0.5, 0.6) is 0 Å². The molecule has 1 aromatic rings. The zero-order valence-corrected chi connectivity index (χ0v) is 14.2. The normalized spacial score (nSPS) is 29.6. The van der Waals surface area contributed by atoms with Crippen LogP contribution in [0.4, 0.5) is 4.39 Å². The van der Waals surface area contributed by atoms with Crippen LogP contribution in [-0.4, -0.2) is 23.4 Å². The summed E-state index contributed by atoms with van der Waals surface area (Å²) in [5.74, 6) is -3.56. The van der Waals surface area contributed by atoms with E-state index in [2.05, 4.69) is 10.9 Å². The van der Waals surface area contributed by atoms with Gasteiger partial charge in [-0.1, -0.05) is 32.9 Å². The molecular weight excluding hydrogens is 327 g/mol. The van der Waals surface area contributed by atoms with Gasteiger partial charge in [0.25, 0.3) is 11.8 Å². The summed E-state index contributed by atoms with van der Waals surface area (Å²) in [7, 11) is 0. The van der Waals surface area contributed by atoms with E-state index < -0.39 is 45.4 Å². The summed E-state index contributed by atoms with van der Waals surface area (Å²) in [6.07, 6.45) is 0.668. The van der Waals surface area contributed by atoms with Crippen molar-refractivity contribution >= 4 is 23.4 Å². The minimum Gasteiger partial charge on any atom is -0.290 e. The molecule has 0 radical (unpaired) electrons. The number of carbonyl (C=O) groups is 4. The van der Waals surface area contributed by atoms with Crippen LogP contribution < -0.4 is 10.9 Å². The van der Waals surface area contributed by atoms with E-state index in [9.17, 15) is 23.6 Å². The van der Waals surface area contributed by atoms with Crippen molar-refractivity contribution in [1.29, 1.82) is 0 Å². The Morgan fingerprint density at radius 1 is 1.00 bits per heavy atom. The number of hydrazine groups is 1. The smallest absolute Gasteiger partial charge is 0.272 e. The molecule has 0 aliphatic heterocycles. The Hall–Kier alpha value is -2.57. The van der Waals surface area contributed by atoms with Crippen molar-refractivity contribution < 1.29 is 23.6 Å². The Morgan fingerprint density at radius 2 is 1.64 bits per heavy atom. The molecule has 1 aromatic carbocycles. The SMILES string of the molecule is CC12CCC(C(=O)NNC(=O)c3ccccc3F)(C(=O)C1=O)C2(C)C. The highest BCUT2D eigenvalue weighted by molar-refractivity contribution is 6.48. The van der Waals surface area contributed by atoms with Gasteiger partial charge in [0.1, 0.15) is 11.2 Å². The number of benzene rings is 1. The van der Waals surface area contributed by atoms with E-state index in [1.54, 1.807) is 20.8 Å². The van der Waals surface area contributed by atoms with Crippen LogP contribution in [0.1, 0.15) is 44.0 Å². The van der Waals surface area contributed by atoms with Gasteiger partial charge in [-0.05, 0) is 30.4 Å². The molecule has 2 saturated carbocycles. The number of ketones is 2. The molecule has 0 spiro atoms. The van der Waals surface area contributed by atoms with Gasteiger partial charge in [0.2, 0.25) is 11.6 Å². The molecule has 2 unspecified atom stereocenters. The molecular formula is C18H19FN2O4. The highest BCUT2D eigenvalue weighted by Gasteiger charge is 2.77. The third kappa shape index (κ3) is 1.95. The van der Waals surface area contributed by atoms with Crippen LogP contribution in [0.2, 0.25) is 0 Å². The van der Waals surface area contributed by atoms with Gasteiger partial charge >= 0.3 is 0 Å². The molecule has 2 amide bonds. The van der Waals surface area contributed by atoms with Gasteiger partial charge in [-0.25, -0.2) is 4.39 Å². The number of fused-ring (bicyclic) bond motifs is 2. The molecule has 2 aliphatic rings. The molecule has 2 bridgehead atoms. The van der Waals surface area contributed by atoms with Gasteiger partial charge in [0.05, 0.1) is 5.56 Å². The molecule has 2 N–H and O–H groups in total. The van der Waals surface area contributed by atoms with Crippen molar-refractivity contribution in [2.24, 2.45) is 16.2 Å². The fourth-order valence-corrected chi connectivity index (χ4v) is 4.21. The van der Waals surface area contributed by atoms with Gasteiger partial charge in [-0.3, -0.25) is 30.0 Å². The van der Waals surface area contributed by atoms with E-state index in [0.717, 1.165) is 6.07 Å². The highest BCUT2D eigenvalue weighted by atomic mass is 19.1. The second kappa shape index (κ2) is 5.21. The maximum atomic E-state index is 13.6. The van der Waals surface area contributed by atoms with E-state index in [-0.39, 0.29) is 12.0 Å². The number of Topliss-reactive ketones (excluding diaryl/α,β-unsaturated/α-hetero) is 2. The average molecular weight is 346 g/mol. The van der Waals surface area contributed by atoms with Crippen molar-refractivity contribution in [2.45, 2.75) is 33.6 Å². The first-order chi connectivity index (χ1) is 11.6. The number of nitrogens with one attached hydrogen (secondary N) is 2. The number of hydrogen-bond donors (Lipinski definition) is 2. The van der Waals surface area contributed by atoms with Gasteiger partial charge < -0.3 is 0 Å². The molecule has 2 aliphatic carbocycles. The molecule has 6 nitrogen and oxygen atoms in total. The first kappa shape index (κ1) is 17.3. The van der Waals surface area contributed by atoms with Crippen LogP contribution in [0, 0.1) is 22.1 Å². The van der Waals surface area contributed by atoms with Crippen molar-refractivity contribution in [2.75, 3.05) is 0 Å². The lowest BCUT2D eigenvalue weighted by Crippen LogP contribution is -2.55. The maximum absolute atomic E-state index is 13.6. The van der Waals surface area contributed by atoms with Gasteiger partial charge in [0, 0.05) is 5.41 Å². The average Bonchev–Trinajstić information content (AvgIpc) is 2.84. The van der Waals surface area contributed by atoms with Crippen molar-refractivity contribution in [3.8, 4) is 0 Å². The van der Waals surface area contributed by atoms with Crippen molar-refractivity contribution in [1.82, 2.24) is 10.9 Å². The molecule has 0 heterocycles. The Balaban J connectivity index is 1.82. The lowest BCUT2D eigenvalue weighted by Gasteiger charge is -2.36. The predicted molar refractivity (Wildman–Crippen MR) is 85.6 cm³/mol. The summed E-state index contributed by atoms with van der Waals surface area (Å²) in [6, 6.07) is 5.33. The largest absolute Gasteiger partial charge is 0.290 e.